The molecule has 0 spiro atoms. The third-order valence-electron chi connectivity index (χ3n) is 1.21. The van der Waals surface area contributed by atoms with Crippen LogP contribution in [0.3, 0.4) is 0 Å². The van der Waals surface area contributed by atoms with E-state index >= 15 is 0 Å². The highest BCUT2D eigenvalue weighted by atomic mass is 35.5. The van der Waals surface area contributed by atoms with E-state index in [0.29, 0.717) is 0 Å². The number of nitrogens with one attached hydrogen (secondary N) is 1. The molecule has 1 N–H and O–H groups in total. The fraction of sp³-hybridized carbons (Fsp3) is 0.833. The molecule has 0 aliphatic rings. The van der Waals surface area contributed by atoms with Crippen molar-refractivity contribution in [2.45, 2.75) is 26.8 Å². The molecule has 0 rings (SSSR count). The Kier molecular flexibility index (Phi) is 3.36. The van der Waals surface area contributed by atoms with Gasteiger partial charge in [0.1, 0.15) is 10.6 Å². The molecule has 0 aromatic carbocycles. The lowest BCUT2D eigenvalue weighted by Crippen LogP contribution is -2.29. The minimum absolute atomic E-state index is 0.372. The number of halogens is 1. The highest BCUT2D eigenvalue weighted by Gasteiger charge is 2.34. The van der Waals surface area contributed by atoms with Gasteiger partial charge in [0.15, 0.2) is 0 Å². The second kappa shape index (κ2) is 3.60. The average Bonchev–Trinajstić information content (AvgIpc) is 1.79. The monoisotopic (exact) mass is 176 g/mol. The number of carbonyl (C=O) groups excluding carboxylic acids is 1. The molecule has 0 heterocycles. The van der Waals surface area contributed by atoms with Crippen LogP contribution < -0.4 is 4.91 Å². The Morgan fingerprint density at radius 1 is 1.64 bits per heavy atom. The van der Waals surface area contributed by atoms with Crippen molar-refractivity contribution >= 4 is 16.8 Å². The van der Waals surface area contributed by atoms with E-state index in [9.17, 15) is 4.79 Å². The first-order valence-corrected chi connectivity index (χ1v) is 3.53. The van der Waals surface area contributed by atoms with Crippen LogP contribution in [0.25, 0.3) is 0 Å². The minimum Gasteiger partial charge on any atom is -0.279 e. The van der Waals surface area contributed by atoms with E-state index in [-0.39, 0.29) is 5.41 Å². The number of rotatable bonds is 2. The van der Waals surface area contributed by atoms with Crippen molar-refractivity contribution in [1.29, 1.82) is 5.53 Å². The highest BCUT2D eigenvalue weighted by molar-refractivity contribution is 6.64. The van der Waals surface area contributed by atoms with Gasteiger partial charge in [-0.1, -0.05) is 20.8 Å². The summed E-state index contributed by atoms with van der Waals surface area (Å²) in [6.45, 7) is 5.44. The zero-order valence-corrected chi connectivity index (χ0v) is 7.51. The Balaban J connectivity index is 4.61. The standard InChI is InChI=1S/C6H11ClN3O/c1-6(2,3)4(5(7)11)9-10-8/h4,8H,1-3H3/q+1. The van der Waals surface area contributed by atoms with Gasteiger partial charge in [0.2, 0.25) is 11.0 Å². The highest BCUT2D eigenvalue weighted by Crippen LogP contribution is 2.23. The molecule has 0 aromatic heterocycles. The van der Waals surface area contributed by atoms with Crippen molar-refractivity contribution in [3.8, 4) is 0 Å². The fourth-order valence-electron chi connectivity index (χ4n) is 0.617. The lowest BCUT2D eigenvalue weighted by atomic mass is 9.88. The molecular formula is C6H11ClN3O+. The summed E-state index contributed by atoms with van der Waals surface area (Å²) in [7, 11) is 0. The van der Waals surface area contributed by atoms with Crippen molar-refractivity contribution in [3.63, 3.8) is 0 Å². The molecule has 1 unspecified atom stereocenters. The Morgan fingerprint density at radius 3 is 2.18 bits per heavy atom. The molecule has 0 fully saturated rings. The summed E-state index contributed by atoms with van der Waals surface area (Å²) in [5, 5.41) is 2.83. The maximum absolute atomic E-state index is 10.7. The average molecular weight is 177 g/mol. The van der Waals surface area contributed by atoms with Crippen molar-refractivity contribution in [2.75, 3.05) is 0 Å². The zero-order valence-electron chi connectivity index (χ0n) is 6.76. The van der Waals surface area contributed by atoms with E-state index < -0.39 is 11.3 Å². The summed E-state index contributed by atoms with van der Waals surface area (Å²) in [5.41, 5.74) is 6.08. The van der Waals surface area contributed by atoms with Crippen LogP contribution in [0.1, 0.15) is 20.8 Å². The van der Waals surface area contributed by atoms with Gasteiger partial charge >= 0.3 is 0 Å². The van der Waals surface area contributed by atoms with Crippen LogP contribution in [-0.2, 0) is 4.79 Å². The number of carbonyl (C=O) groups is 1. The first-order valence-electron chi connectivity index (χ1n) is 3.15. The van der Waals surface area contributed by atoms with Crippen LogP contribution >= 0.6 is 11.6 Å². The fourth-order valence-corrected chi connectivity index (χ4v) is 0.988. The SMILES string of the molecule is CC(C)(C)C(N=[N+]=N)C(=O)Cl. The number of nitrogens with zero attached hydrogens (tertiary/aromatic N) is 2. The smallest absolute Gasteiger partial charge is 0.254 e. The third kappa shape index (κ3) is 3.25. The van der Waals surface area contributed by atoms with Gasteiger partial charge in [0.05, 0.1) is 0 Å². The van der Waals surface area contributed by atoms with Crippen LogP contribution in [0.15, 0.2) is 5.11 Å². The molecule has 0 radical (unpaired) electrons. The van der Waals surface area contributed by atoms with Crippen LogP contribution in [0, 0.1) is 10.9 Å². The van der Waals surface area contributed by atoms with E-state index in [4.69, 9.17) is 17.1 Å². The van der Waals surface area contributed by atoms with Gasteiger partial charge in [-0.15, -0.1) is 0 Å². The van der Waals surface area contributed by atoms with Gasteiger partial charge in [0.25, 0.3) is 5.24 Å². The van der Waals surface area contributed by atoms with E-state index in [1.807, 2.05) is 20.8 Å². The molecule has 0 aliphatic heterocycles. The number of hydrogen-bond donors (Lipinski definition) is 1. The van der Waals surface area contributed by atoms with E-state index in [2.05, 4.69) is 10.0 Å². The normalized spacial score (nSPS) is 13.5. The first-order chi connectivity index (χ1) is 4.89. The van der Waals surface area contributed by atoms with E-state index in [1.165, 1.54) is 0 Å². The lowest BCUT2D eigenvalue weighted by molar-refractivity contribution is -0.114. The van der Waals surface area contributed by atoms with Gasteiger partial charge in [-0.25, -0.2) is 0 Å². The first kappa shape index (κ1) is 10.3. The lowest BCUT2D eigenvalue weighted by Gasteiger charge is -2.17. The largest absolute Gasteiger partial charge is 0.279 e. The summed E-state index contributed by atoms with van der Waals surface area (Å²) >= 11 is 5.23. The maximum Gasteiger partial charge on any atom is 0.254 e. The number of hydrogen-bond acceptors (Lipinski definition) is 3. The molecule has 0 amide bonds. The van der Waals surface area contributed by atoms with Crippen molar-refractivity contribution in [3.05, 3.63) is 0 Å². The Labute approximate surface area is 70.2 Å². The Morgan fingerprint density at radius 2 is 2.09 bits per heavy atom. The van der Waals surface area contributed by atoms with E-state index in [0.717, 1.165) is 0 Å². The van der Waals surface area contributed by atoms with Crippen molar-refractivity contribution in [1.82, 2.24) is 4.91 Å². The van der Waals surface area contributed by atoms with Gasteiger partial charge in [-0.3, -0.25) is 4.79 Å². The summed E-state index contributed by atoms with van der Waals surface area (Å²) < 4.78 is 0. The maximum atomic E-state index is 10.7. The predicted octanol–water partition coefficient (Wildman–Crippen LogP) is 1.72. The molecular weight excluding hydrogens is 166 g/mol. The summed E-state index contributed by atoms with van der Waals surface area (Å²) in [6, 6.07) is -0.721. The molecule has 0 aliphatic carbocycles. The van der Waals surface area contributed by atoms with Crippen LogP contribution in [-0.4, -0.2) is 11.3 Å². The molecule has 1 atom stereocenters. The predicted molar refractivity (Wildman–Crippen MR) is 41.4 cm³/mol. The topological polar surface area (TPSA) is 67.4 Å². The molecule has 5 heteroatoms. The van der Waals surface area contributed by atoms with E-state index in [1.54, 1.807) is 0 Å². The molecule has 0 bridgehead atoms. The third-order valence-corrected chi connectivity index (χ3v) is 1.42. The van der Waals surface area contributed by atoms with Gasteiger partial charge in [0, 0.05) is 0 Å². The van der Waals surface area contributed by atoms with Gasteiger partial charge in [-0.05, 0) is 17.0 Å². The van der Waals surface area contributed by atoms with Crippen LogP contribution in [0.4, 0.5) is 0 Å². The Hall–Kier alpha value is -0.730. The zero-order chi connectivity index (χ0) is 9.07. The summed E-state index contributed by atoms with van der Waals surface area (Å²) in [5.74, 6) is 0. The molecule has 62 valence electrons. The second-order valence-electron chi connectivity index (χ2n) is 3.29. The minimum atomic E-state index is -0.721. The van der Waals surface area contributed by atoms with Gasteiger partial charge < -0.3 is 0 Å². The molecule has 11 heavy (non-hydrogen) atoms. The molecule has 0 aromatic rings. The summed E-state index contributed by atoms with van der Waals surface area (Å²) in [4.78, 5) is 13.5. The summed E-state index contributed by atoms with van der Waals surface area (Å²) in [6.07, 6.45) is 0. The van der Waals surface area contributed by atoms with Gasteiger partial charge in [-0.2, -0.15) is 0 Å². The second-order valence-corrected chi connectivity index (χ2v) is 3.66. The van der Waals surface area contributed by atoms with Crippen LogP contribution in [0.5, 0.6) is 0 Å². The van der Waals surface area contributed by atoms with Crippen molar-refractivity contribution < 1.29 is 4.79 Å². The Bertz CT molecular complexity index is 200. The quantitative estimate of drug-likeness (QED) is 0.389. The molecule has 4 nitrogen and oxygen atoms in total. The van der Waals surface area contributed by atoms with Crippen molar-refractivity contribution in [2.24, 2.45) is 10.5 Å². The van der Waals surface area contributed by atoms with Crippen LogP contribution in [0.2, 0.25) is 0 Å². The molecule has 0 saturated heterocycles. The molecule has 0 saturated carbocycles.